The van der Waals surface area contributed by atoms with Crippen LogP contribution in [0, 0.1) is 0 Å². The number of anilines is 2. The predicted molar refractivity (Wildman–Crippen MR) is 124 cm³/mol. The number of halogens is 2. The minimum Gasteiger partial charge on any atom is -0.497 e. The molecular weight excluding hydrogens is 437 g/mol. The van der Waals surface area contributed by atoms with Gasteiger partial charge in [-0.1, -0.05) is 29.3 Å². The minimum absolute atomic E-state index is 0.0790. The molecule has 1 amide bonds. The monoisotopic (exact) mass is 459 g/mol. The number of hydrogen-bond acceptors (Lipinski definition) is 5. The molecule has 0 atom stereocenters. The van der Waals surface area contributed by atoms with E-state index in [4.69, 9.17) is 27.9 Å². The Kier molecular flexibility index (Phi) is 6.65. The van der Waals surface area contributed by atoms with Gasteiger partial charge in [-0.15, -0.1) is 0 Å². The summed E-state index contributed by atoms with van der Waals surface area (Å²) in [6.07, 6.45) is 3.74. The molecule has 0 aliphatic carbocycles. The van der Waals surface area contributed by atoms with E-state index in [0.29, 0.717) is 22.3 Å². The zero-order chi connectivity index (χ0) is 21.8. The second-order valence-corrected chi connectivity index (χ2v) is 8.05. The molecule has 9 heteroatoms. The first-order valence-electron chi connectivity index (χ1n) is 9.93. The third kappa shape index (κ3) is 5.12. The summed E-state index contributed by atoms with van der Waals surface area (Å²) >= 11 is 11.9. The Morgan fingerprint density at radius 3 is 2.65 bits per heavy atom. The molecule has 0 bridgehead atoms. The Labute approximate surface area is 191 Å². The molecule has 1 saturated heterocycles. The number of imidazole rings is 1. The first-order valence-corrected chi connectivity index (χ1v) is 10.7. The molecule has 162 valence electrons. The van der Waals surface area contributed by atoms with Gasteiger partial charge in [0, 0.05) is 50.3 Å². The van der Waals surface area contributed by atoms with Crippen molar-refractivity contribution in [3.05, 3.63) is 64.9 Å². The smallest absolute Gasteiger partial charge is 0.238 e. The molecule has 3 aromatic rings. The third-order valence-electron chi connectivity index (χ3n) is 5.18. The summed E-state index contributed by atoms with van der Waals surface area (Å²) < 4.78 is 7.39. The van der Waals surface area contributed by atoms with E-state index in [1.54, 1.807) is 31.5 Å². The molecule has 7 nitrogen and oxygen atoms in total. The number of carbonyl (C=O) groups is 1. The van der Waals surface area contributed by atoms with Crippen LogP contribution in [0.2, 0.25) is 10.0 Å². The van der Waals surface area contributed by atoms with Crippen LogP contribution in [-0.2, 0) is 4.79 Å². The van der Waals surface area contributed by atoms with Crippen molar-refractivity contribution in [3.63, 3.8) is 0 Å². The summed E-state index contributed by atoms with van der Waals surface area (Å²) in [5, 5.41) is 3.75. The van der Waals surface area contributed by atoms with Crippen LogP contribution in [0.3, 0.4) is 0 Å². The van der Waals surface area contributed by atoms with E-state index in [0.717, 1.165) is 43.6 Å². The highest BCUT2D eigenvalue weighted by atomic mass is 35.5. The summed E-state index contributed by atoms with van der Waals surface area (Å²) in [5.41, 5.74) is 1.63. The lowest BCUT2D eigenvalue weighted by Crippen LogP contribution is -2.49. The van der Waals surface area contributed by atoms with E-state index in [1.807, 2.05) is 30.5 Å². The molecule has 2 heterocycles. The number of nitrogens with one attached hydrogen (secondary N) is 1. The lowest BCUT2D eigenvalue weighted by atomic mass is 10.3. The number of methoxy groups -OCH3 is 1. The second kappa shape index (κ2) is 9.60. The Hall–Kier alpha value is -2.74. The summed E-state index contributed by atoms with van der Waals surface area (Å²) in [4.78, 5) is 21.3. The van der Waals surface area contributed by atoms with Crippen molar-refractivity contribution >= 4 is 40.7 Å². The van der Waals surface area contributed by atoms with Gasteiger partial charge in [0.1, 0.15) is 5.75 Å². The van der Waals surface area contributed by atoms with Gasteiger partial charge in [0.15, 0.2) is 0 Å². The third-order valence-corrected chi connectivity index (χ3v) is 5.92. The van der Waals surface area contributed by atoms with Gasteiger partial charge in [-0.2, -0.15) is 0 Å². The number of ether oxygens (including phenoxy) is 1. The molecule has 1 aliphatic heterocycles. The number of carbonyl (C=O) groups excluding carboxylic acids is 1. The average Bonchev–Trinajstić information content (AvgIpc) is 3.27. The van der Waals surface area contributed by atoms with Crippen LogP contribution >= 0.6 is 23.2 Å². The van der Waals surface area contributed by atoms with Crippen LogP contribution in [0.1, 0.15) is 0 Å². The number of hydrogen-bond donors (Lipinski definition) is 1. The Balaban J connectivity index is 1.34. The zero-order valence-electron chi connectivity index (χ0n) is 17.1. The van der Waals surface area contributed by atoms with Crippen molar-refractivity contribution in [2.75, 3.05) is 50.1 Å². The molecule has 1 N–H and O–H groups in total. The fourth-order valence-electron chi connectivity index (χ4n) is 3.57. The van der Waals surface area contributed by atoms with E-state index >= 15 is 0 Å². The molecule has 0 unspecified atom stereocenters. The fraction of sp³-hybridized carbons (Fsp3) is 0.273. The standard InChI is InChI=1S/C22H23Cl2N5O2/c1-31-18-4-2-3-17(14-18)29-8-7-25-22(29)28-11-9-27(10-12-28)15-21(30)26-16-5-6-19(23)20(24)13-16/h2-8,13-14H,9-12,15H2,1H3,(H,26,30). The SMILES string of the molecule is COc1cccc(-n2ccnc2N2CCN(CC(=O)Nc3ccc(Cl)c(Cl)c3)CC2)c1. The van der Waals surface area contributed by atoms with E-state index in [2.05, 4.69) is 24.7 Å². The Morgan fingerprint density at radius 1 is 1.10 bits per heavy atom. The average molecular weight is 460 g/mol. The highest BCUT2D eigenvalue weighted by Crippen LogP contribution is 2.25. The van der Waals surface area contributed by atoms with E-state index in [1.165, 1.54) is 0 Å². The van der Waals surface area contributed by atoms with Crippen LogP contribution in [0.5, 0.6) is 5.75 Å². The van der Waals surface area contributed by atoms with Gasteiger partial charge < -0.3 is 15.0 Å². The highest BCUT2D eigenvalue weighted by molar-refractivity contribution is 6.42. The lowest BCUT2D eigenvalue weighted by molar-refractivity contribution is -0.117. The van der Waals surface area contributed by atoms with Crippen LogP contribution in [0.25, 0.3) is 5.69 Å². The van der Waals surface area contributed by atoms with Gasteiger partial charge in [0.05, 0.1) is 29.4 Å². The van der Waals surface area contributed by atoms with Crippen molar-refractivity contribution in [2.45, 2.75) is 0 Å². The topological polar surface area (TPSA) is 62.6 Å². The van der Waals surface area contributed by atoms with E-state index < -0.39 is 0 Å². The van der Waals surface area contributed by atoms with Gasteiger partial charge in [0.25, 0.3) is 0 Å². The van der Waals surface area contributed by atoms with Gasteiger partial charge in [-0.25, -0.2) is 4.98 Å². The molecule has 1 aromatic heterocycles. The van der Waals surface area contributed by atoms with Crippen molar-refractivity contribution in [3.8, 4) is 11.4 Å². The van der Waals surface area contributed by atoms with E-state index in [-0.39, 0.29) is 5.91 Å². The molecule has 31 heavy (non-hydrogen) atoms. The van der Waals surface area contributed by atoms with E-state index in [9.17, 15) is 4.79 Å². The summed E-state index contributed by atoms with van der Waals surface area (Å²) in [7, 11) is 1.66. The van der Waals surface area contributed by atoms with Crippen LogP contribution in [-0.4, -0.2) is 60.2 Å². The summed E-state index contributed by atoms with van der Waals surface area (Å²) in [6, 6.07) is 12.9. The van der Waals surface area contributed by atoms with Crippen LogP contribution in [0.15, 0.2) is 54.9 Å². The van der Waals surface area contributed by atoms with Gasteiger partial charge in [0.2, 0.25) is 11.9 Å². The number of amides is 1. The lowest BCUT2D eigenvalue weighted by Gasteiger charge is -2.35. The number of benzene rings is 2. The second-order valence-electron chi connectivity index (χ2n) is 7.24. The predicted octanol–water partition coefficient (Wildman–Crippen LogP) is 3.95. The molecule has 2 aromatic carbocycles. The Bertz CT molecular complexity index is 1060. The molecule has 4 rings (SSSR count). The summed E-state index contributed by atoms with van der Waals surface area (Å²) in [5.74, 6) is 1.60. The van der Waals surface area contributed by atoms with Crippen molar-refractivity contribution in [2.24, 2.45) is 0 Å². The largest absolute Gasteiger partial charge is 0.497 e. The van der Waals surface area contributed by atoms with Crippen LogP contribution in [0.4, 0.5) is 11.6 Å². The fourth-order valence-corrected chi connectivity index (χ4v) is 3.87. The molecule has 1 aliphatic rings. The number of piperazine rings is 1. The highest BCUT2D eigenvalue weighted by Gasteiger charge is 2.22. The zero-order valence-corrected chi connectivity index (χ0v) is 18.6. The maximum atomic E-state index is 12.4. The first-order chi connectivity index (χ1) is 15.0. The first kappa shape index (κ1) is 21.5. The maximum absolute atomic E-state index is 12.4. The van der Waals surface area contributed by atoms with Gasteiger partial charge in [-0.3, -0.25) is 14.3 Å². The summed E-state index contributed by atoms with van der Waals surface area (Å²) in [6.45, 7) is 3.40. The maximum Gasteiger partial charge on any atom is 0.238 e. The quantitative estimate of drug-likeness (QED) is 0.604. The Morgan fingerprint density at radius 2 is 1.90 bits per heavy atom. The van der Waals surface area contributed by atoms with Gasteiger partial charge >= 0.3 is 0 Å². The molecular formula is C22H23Cl2N5O2. The van der Waals surface area contributed by atoms with Gasteiger partial charge in [-0.05, 0) is 30.3 Å². The van der Waals surface area contributed by atoms with Crippen molar-refractivity contribution in [1.29, 1.82) is 0 Å². The number of rotatable bonds is 6. The number of nitrogens with zero attached hydrogens (tertiary/aromatic N) is 4. The van der Waals surface area contributed by atoms with Crippen molar-refractivity contribution in [1.82, 2.24) is 14.5 Å². The molecule has 0 radical (unpaired) electrons. The normalized spacial score (nSPS) is 14.5. The molecule has 0 spiro atoms. The molecule has 1 fully saturated rings. The van der Waals surface area contributed by atoms with Crippen molar-refractivity contribution < 1.29 is 9.53 Å². The molecule has 0 saturated carbocycles. The number of aromatic nitrogens is 2. The minimum atomic E-state index is -0.0790. The van der Waals surface area contributed by atoms with Crippen LogP contribution < -0.4 is 15.0 Å².